The van der Waals surface area contributed by atoms with E-state index in [9.17, 15) is 0 Å². The van der Waals surface area contributed by atoms with Crippen LogP contribution in [-0.4, -0.2) is 37.3 Å². The summed E-state index contributed by atoms with van der Waals surface area (Å²) in [4.78, 5) is 4.23. The molecule has 35 heavy (non-hydrogen) atoms. The molecule has 0 radical (unpaired) electrons. The fourth-order valence-corrected chi connectivity index (χ4v) is 3.64. The maximum Gasteiger partial charge on any atom is 0.160 e. The van der Waals surface area contributed by atoms with Gasteiger partial charge in [-0.15, -0.1) is 6.42 Å². The number of benzene rings is 1. The van der Waals surface area contributed by atoms with Gasteiger partial charge in [0, 0.05) is 43.4 Å². The number of nitrogens with one attached hydrogen (secondary N) is 2. The SMILES string of the molecule is C#C/C(C#Cc1cc(C(=C)NCCSC(=NC)NC(=C)C)ccc1N1CC#CCC=N1)=C\C=C/C. The number of nitrogens with zero attached hydrogens (tertiary/aromatic N) is 3. The molecule has 0 amide bonds. The molecule has 6 heteroatoms. The highest BCUT2D eigenvalue weighted by Crippen LogP contribution is 2.24. The summed E-state index contributed by atoms with van der Waals surface area (Å²) in [5.41, 5.74) is 4.88. The van der Waals surface area contributed by atoms with Crippen molar-refractivity contribution in [2.24, 2.45) is 10.1 Å². The summed E-state index contributed by atoms with van der Waals surface area (Å²) >= 11 is 1.62. The monoisotopic (exact) mass is 481 g/mol. The van der Waals surface area contributed by atoms with Crippen molar-refractivity contribution < 1.29 is 0 Å². The molecular weight excluding hydrogens is 450 g/mol. The maximum absolute atomic E-state index is 5.63. The molecule has 1 aliphatic rings. The molecule has 0 saturated heterocycles. The molecule has 0 aliphatic carbocycles. The predicted molar refractivity (Wildman–Crippen MR) is 154 cm³/mol. The van der Waals surface area contributed by atoms with E-state index in [-0.39, 0.29) is 0 Å². The number of anilines is 1. The molecule has 0 spiro atoms. The standard InChI is InChI=1S/C29H31N5S/c1-7-9-13-25(8-2)14-15-27-22-26(16-17-28(27)34-20-12-10-11-18-32-34)24(5)31-19-21-35-29(30-6)33-23(3)4/h2,7,9,13,16-18,22,31H,3,5,11,19-21H2,1,4,6H3,(H,30,33)/b9-7-,25-13+. The Kier molecular flexibility index (Phi) is 11.6. The van der Waals surface area contributed by atoms with Gasteiger partial charge in [-0.25, -0.2) is 0 Å². The van der Waals surface area contributed by atoms with E-state index in [0.29, 0.717) is 18.5 Å². The Labute approximate surface area is 214 Å². The Balaban J connectivity index is 2.23. The van der Waals surface area contributed by atoms with Crippen LogP contribution in [0.25, 0.3) is 5.70 Å². The fraction of sp³-hybridized carbons (Fsp3) is 0.241. The number of terminal acetylenes is 1. The van der Waals surface area contributed by atoms with Crippen LogP contribution in [0.1, 0.15) is 31.4 Å². The van der Waals surface area contributed by atoms with Crippen molar-refractivity contribution in [1.82, 2.24) is 10.6 Å². The Morgan fingerprint density at radius 2 is 2.20 bits per heavy atom. The van der Waals surface area contributed by atoms with Gasteiger partial charge in [0.05, 0.1) is 16.8 Å². The van der Waals surface area contributed by atoms with Crippen LogP contribution in [0.4, 0.5) is 5.69 Å². The summed E-state index contributed by atoms with van der Waals surface area (Å²) < 4.78 is 0. The molecule has 0 fully saturated rings. The minimum Gasteiger partial charge on any atom is -0.384 e. The molecule has 0 unspecified atom stereocenters. The van der Waals surface area contributed by atoms with Crippen molar-refractivity contribution in [3.63, 3.8) is 0 Å². The first-order chi connectivity index (χ1) is 17.0. The van der Waals surface area contributed by atoms with Gasteiger partial charge in [0.1, 0.15) is 6.54 Å². The third-order valence-electron chi connectivity index (χ3n) is 4.54. The van der Waals surface area contributed by atoms with E-state index in [1.54, 1.807) is 25.0 Å². The second kappa shape index (κ2) is 15.0. The highest BCUT2D eigenvalue weighted by Gasteiger charge is 2.12. The molecule has 2 N–H and O–H groups in total. The van der Waals surface area contributed by atoms with Crippen molar-refractivity contribution in [3.05, 3.63) is 72.0 Å². The summed E-state index contributed by atoms with van der Waals surface area (Å²) in [7, 11) is 1.76. The van der Waals surface area contributed by atoms with Gasteiger partial charge in [-0.1, -0.05) is 72.7 Å². The molecule has 5 nitrogen and oxygen atoms in total. The number of hydrogen-bond donors (Lipinski definition) is 2. The number of allylic oxidation sites excluding steroid dienone is 5. The lowest BCUT2D eigenvalue weighted by Crippen LogP contribution is -2.21. The number of hydrogen-bond acceptors (Lipinski definition) is 5. The molecule has 1 aromatic carbocycles. The van der Waals surface area contributed by atoms with Crippen LogP contribution < -0.4 is 15.6 Å². The molecule has 2 rings (SSSR count). The number of aliphatic imine (C=N–C) groups is 1. The van der Waals surface area contributed by atoms with Gasteiger partial charge in [0.25, 0.3) is 0 Å². The third-order valence-corrected chi connectivity index (χ3v) is 5.50. The molecule has 0 saturated carbocycles. The zero-order valence-electron chi connectivity index (χ0n) is 20.6. The lowest BCUT2D eigenvalue weighted by molar-refractivity contribution is 0.948. The van der Waals surface area contributed by atoms with Gasteiger partial charge in [-0.2, -0.15) is 5.10 Å². The number of rotatable bonds is 8. The Hall–Kier alpha value is -4.05. The topological polar surface area (TPSA) is 52.0 Å². The average molecular weight is 482 g/mol. The molecule has 1 heterocycles. The van der Waals surface area contributed by atoms with Crippen molar-refractivity contribution in [2.75, 3.05) is 30.9 Å². The van der Waals surface area contributed by atoms with E-state index in [2.05, 4.69) is 63.5 Å². The Morgan fingerprint density at radius 1 is 1.37 bits per heavy atom. The average Bonchev–Trinajstić information content (AvgIpc) is 3.15. The van der Waals surface area contributed by atoms with Crippen LogP contribution in [0.3, 0.4) is 0 Å². The molecule has 178 valence electrons. The molecular formula is C29H31N5S. The highest BCUT2D eigenvalue weighted by atomic mass is 32.2. The lowest BCUT2D eigenvalue weighted by atomic mass is 10.1. The summed E-state index contributed by atoms with van der Waals surface area (Å²) in [6.45, 7) is 13.1. The molecule has 1 aliphatic heterocycles. The van der Waals surface area contributed by atoms with Gasteiger partial charge in [0.2, 0.25) is 0 Å². The molecule has 0 aromatic heterocycles. The quantitative estimate of drug-likeness (QED) is 0.185. The van der Waals surface area contributed by atoms with E-state index in [0.717, 1.165) is 45.7 Å². The summed E-state index contributed by atoms with van der Waals surface area (Å²) in [6.07, 6.45) is 13.7. The molecule has 1 aromatic rings. The summed E-state index contributed by atoms with van der Waals surface area (Å²) in [5.74, 6) is 16.0. The predicted octanol–water partition coefficient (Wildman–Crippen LogP) is 4.78. The number of hydrazone groups is 1. The van der Waals surface area contributed by atoms with Crippen molar-refractivity contribution >= 4 is 34.5 Å². The van der Waals surface area contributed by atoms with Gasteiger partial charge in [-0.3, -0.25) is 10.0 Å². The van der Waals surface area contributed by atoms with E-state index in [1.165, 1.54) is 0 Å². The van der Waals surface area contributed by atoms with Crippen LogP contribution in [0, 0.1) is 36.0 Å². The first-order valence-electron chi connectivity index (χ1n) is 11.1. The highest BCUT2D eigenvalue weighted by molar-refractivity contribution is 8.13. The second-order valence-electron chi connectivity index (χ2n) is 7.33. The van der Waals surface area contributed by atoms with E-state index in [1.807, 2.05) is 55.3 Å². The van der Waals surface area contributed by atoms with Crippen LogP contribution >= 0.6 is 11.8 Å². The Morgan fingerprint density at radius 3 is 2.91 bits per heavy atom. The van der Waals surface area contributed by atoms with Gasteiger partial charge in [-0.05, 0) is 37.6 Å². The lowest BCUT2D eigenvalue weighted by Gasteiger charge is -2.19. The second-order valence-corrected chi connectivity index (χ2v) is 8.42. The van der Waals surface area contributed by atoms with Crippen molar-refractivity contribution in [2.45, 2.75) is 20.3 Å². The first kappa shape index (κ1) is 27.2. The van der Waals surface area contributed by atoms with Crippen molar-refractivity contribution in [1.29, 1.82) is 0 Å². The molecule has 0 bridgehead atoms. The third kappa shape index (κ3) is 9.38. The Bertz CT molecular complexity index is 1220. The number of thioether (sulfide) groups is 1. The zero-order valence-corrected chi connectivity index (χ0v) is 21.4. The maximum atomic E-state index is 5.63. The zero-order chi connectivity index (χ0) is 25.5. The normalized spacial score (nSPS) is 13.1. The fourth-order valence-electron chi connectivity index (χ4n) is 2.87. The van der Waals surface area contributed by atoms with Crippen molar-refractivity contribution in [3.8, 4) is 36.0 Å². The smallest absolute Gasteiger partial charge is 0.160 e. The largest absolute Gasteiger partial charge is 0.384 e. The van der Waals surface area contributed by atoms with Gasteiger partial charge in [0.15, 0.2) is 5.17 Å². The summed E-state index contributed by atoms with van der Waals surface area (Å²) in [5, 5.41) is 13.7. The molecule has 0 atom stereocenters. The van der Waals surface area contributed by atoms with Gasteiger partial charge < -0.3 is 10.6 Å². The number of amidine groups is 1. The minimum absolute atomic E-state index is 0.497. The van der Waals surface area contributed by atoms with Crippen LogP contribution in [0.15, 0.2) is 70.9 Å². The summed E-state index contributed by atoms with van der Waals surface area (Å²) in [6, 6.07) is 6.01. The van der Waals surface area contributed by atoms with Crippen LogP contribution in [-0.2, 0) is 0 Å². The van der Waals surface area contributed by atoms with E-state index < -0.39 is 0 Å². The van der Waals surface area contributed by atoms with E-state index in [4.69, 9.17) is 6.42 Å². The van der Waals surface area contributed by atoms with Crippen LogP contribution in [0.5, 0.6) is 0 Å². The van der Waals surface area contributed by atoms with E-state index >= 15 is 0 Å². The van der Waals surface area contributed by atoms with Gasteiger partial charge >= 0.3 is 0 Å². The minimum atomic E-state index is 0.497. The first-order valence-corrected chi connectivity index (χ1v) is 12.1. The van der Waals surface area contributed by atoms with Crippen LogP contribution in [0.2, 0.25) is 0 Å².